The molecule has 0 spiro atoms. The number of nitrogens with zero attached hydrogens (tertiary/aromatic N) is 3. The van der Waals surface area contributed by atoms with E-state index in [1.807, 2.05) is 0 Å². The summed E-state index contributed by atoms with van der Waals surface area (Å²) in [5.74, 6) is 2.32. The van der Waals surface area contributed by atoms with Crippen LogP contribution >= 0.6 is 11.3 Å². The monoisotopic (exact) mass is 453 g/mol. The van der Waals surface area contributed by atoms with Crippen LogP contribution in [0.15, 0.2) is 41.4 Å². The van der Waals surface area contributed by atoms with E-state index in [9.17, 15) is 10.1 Å². The first-order valence-corrected chi connectivity index (χ1v) is 10.2. The van der Waals surface area contributed by atoms with Crippen molar-refractivity contribution in [1.82, 2.24) is 4.98 Å². The van der Waals surface area contributed by atoms with Gasteiger partial charge in [0.1, 0.15) is 23.0 Å². The molecule has 1 aromatic heterocycles. The van der Waals surface area contributed by atoms with Crippen LogP contribution in [0.3, 0.4) is 0 Å². The molecule has 0 saturated carbocycles. The molecule has 0 amide bonds. The Hall–Kier alpha value is -3.92. The van der Waals surface area contributed by atoms with E-state index in [1.165, 1.54) is 23.5 Å². The van der Waals surface area contributed by atoms with Crippen LogP contribution in [-0.2, 0) is 0 Å². The average molecular weight is 453 g/mol. The number of fused-ring (bicyclic) bond motifs is 2. The van der Waals surface area contributed by atoms with Gasteiger partial charge in [-0.2, -0.15) is 0 Å². The van der Waals surface area contributed by atoms with Gasteiger partial charge in [0.25, 0.3) is 5.69 Å². The molecule has 10 heteroatoms. The Morgan fingerprint density at radius 3 is 2.25 bits per heavy atom. The number of thiazole rings is 1. The van der Waals surface area contributed by atoms with E-state index in [1.54, 1.807) is 58.9 Å². The topological polar surface area (TPSA) is 105 Å². The third kappa shape index (κ3) is 3.65. The van der Waals surface area contributed by atoms with Crippen molar-refractivity contribution >= 4 is 49.4 Å². The van der Waals surface area contributed by atoms with Crippen molar-refractivity contribution in [1.29, 1.82) is 0 Å². The summed E-state index contributed by atoms with van der Waals surface area (Å²) >= 11 is 1.26. The molecule has 0 N–H and O–H groups in total. The number of benzene rings is 3. The van der Waals surface area contributed by atoms with Crippen molar-refractivity contribution in [3.8, 4) is 23.0 Å². The van der Waals surface area contributed by atoms with Gasteiger partial charge in [0.05, 0.1) is 54.4 Å². The molecule has 9 nitrogen and oxygen atoms in total. The number of nitro benzene ring substituents is 1. The molecule has 1 heterocycles. The second-order valence-electron chi connectivity index (χ2n) is 6.59. The fourth-order valence-corrected chi connectivity index (χ4v) is 4.31. The van der Waals surface area contributed by atoms with E-state index in [4.69, 9.17) is 18.9 Å². The number of hydrogen-bond donors (Lipinski definition) is 0. The minimum absolute atomic E-state index is 0.0126. The Morgan fingerprint density at radius 1 is 0.938 bits per heavy atom. The van der Waals surface area contributed by atoms with Crippen molar-refractivity contribution in [3.05, 3.63) is 52.1 Å². The Balaban J connectivity index is 1.86. The summed E-state index contributed by atoms with van der Waals surface area (Å²) < 4.78 is 23.1. The standard InChI is InChI=1S/C22H19N3O6S/c1-28-15-7-8-16(29-2)20-19(15)17(30-3)9-12(21(20)31-4)11-23-22-24-14-6-5-13(25(26)27)10-18(14)32-22/h5-11H,1-4H3. The van der Waals surface area contributed by atoms with Crippen molar-refractivity contribution in [2.45, 2.75) is 0 Å². The first-order chi connectivity index (χ1) is 15.5. The lowest BCUT2D eigenvalue weighted by atomic mass is 10.0. The Bertz CT molecular complexity index is 1370. The normalized spacial score (nSPS) is 11.2. The molecule has 0 saturated heterocycles. The van der Waals surface area contributed by atoms with Gasteiger partial charge in [0.2, 0.25) is 5.13 Å². The summed E-state index contributed by atoms with van der Waals surface area (Å²) in [6.07, 6.45) is 1.62. The molecular weight excluding hydrogens is 434 g/mol. The van der Waals surface area contributed by atoms with Crippen LogP contribution in [0.25, 0.3) is 21.0 Å². The minimum atomic E-state index is -0.435. The first-order valence-electron chi connectivity index (χ1n) is 9.39. The molecular formula is C22H19N3O6S. The number of hydrogen-bond acceptors (Lipinski definition) is 9. The van der Waals surface area contributed by atoms with E-state index < -0.39 is 4.92 Å². The van der Waals surface area contributed by atoms with E-state index >= 15 is 0 Å². The molecule has 0 bridgehead atoms. The highest BCUT2D eigenvalue weighted by molar-refractivity contribution is 7.22. The molecule has 3 aromatic carbocycles. The predicted molar refractivity (Wildman–Crippen MR) is 124 cm³/mol. The molecule has 164 valence electrons. The number of methoxy groups -OCH3 is 4. The fourth-order valence-electron chi connectivity index (χ4n) is 3.47. The van der Waals surface area contributed by atoms with Gasteiger partial charge in [0.15, 0.2) is 0 Å². The highest BCUT2D eigenvalue weighted by Crippen LogP contribution is 2.46. The quantitative estimate of drug-likeness (QED) is 0.217. The number of aliphatic imine (C=N–C) groups is 1. The zero-order valence-corrected chi connectivity index (χ0v) is 18.6. The van der Waals surface area contributed by atoms with Gasteiger partial charge in [-0.05, 0) is 24.3 Å². The number of non-ortho nitro benzene ring substituents is 1. The molecule has 0 atom stereocenters. The van der Waals surface area contributed by atoms with E-state index in [-0.39, 0.29) is 5.69 Å². The van der Waals surface area contributed by atoms with Gasteiger partial charge in [-0.15, -0.1) is 0 Å². The van der Waals surface area contributed by atoms with E-state index in [0.717, 1.165) is 5.39 Å². The van der Waals surface area contributed by atoms with Crippen molar-refractivity contribution in [2.75, 3.05) is 28.4 Å². The zero-order chi connectivity index (χ0) is 22.8. The smallest absolute Gasteiger partial charge is 0.270 e. The highest BCUT2D eigenvalue weighted by Gasteiger charge is 2.20. The summed E-state index contributed by atoms with van der Waals surface area (Å²) in [5, 5.41) is 12.9. The maximum Gasteiger partial charge on any atom is 0.270 e. The summed E-state index contributed by atoms with van der Waals surface area (Å²) in [5.41, 5.74) is 1.30. The lowest BCUT2D eigenvalue weighted by molar-refractivity contribution is -0.384. The van der Waals surface area contributed by atoms with Gasteiger partial charge in [-0.3, -0.25) is 10.1 Å². The average Bonchev–Trinajstić information content (AvgIpc) is 3.23. The van der Waals surface area contributed by atoms with Crippen LogP contribution in [0.2, 0.25) is 0 Å². The van der Waals surface area contributed by atoms with E-state index in [2.05, 4.69) is 9.98 Å². The third-order valence-electron chi connectivity index (χ3n) is 4.90. The zero-order valence-electron chi connectivity index (χ0n) is 17.7. The van der Waals surface area contributed by atoms with Crippen molar-refractivity contribution in [2.24, 2.45) is 4.99 Å². The lowest BCUT2D eigenvalue weighted by Crippen LogP contribution is -1.99. The van der Waals surface area contributed by atoms with Crippen LogP contribution in [-0.4, -0.2) is 44.6 Å². The number of nitro groups is 1. The van der Waals surface area contributed by atoms with Gasteiger partial charge in [-0.25, -0.2) is 9.98 Å². The summed E-state index contributed by atoms with van der Waals surface area (Å²) in [4.78, 5) is 19.5. The molecule has 0 unspecified atom stereocenters. The molecule has 0 fully saturated rings. The van der Waals surface area contributed by atoms with Crippen LogP contribution < -0.4 is 18.9 Å². The molecule has 0 aliphatic rings. The van der Waals surface area contributed by atoms with Crippen LogP contribution in [0.5, 0.6) is 23.0 Å². The summed E-state index contributed by atoms with van der Waals surface area (Å²) in [6, 6.07) is 9.92. The Labute approximate surface area is 187 Å². The number of ether oxygens (including phenoxy) is 4. The summed E-state index contributed by atoms with van der Waals surface area (Å²) in [6.45, 7) is 0. The van der Waals surface area contributed by atoms with Gasteiger partial charge >= 0.3 is 0 Å². The third-order valence-corrected chi connectivity index (χ3v) is 5.83. The number of rotatable bonds is 7. The predicted octanol–water partition coefficient (Wildman–Crippen LogP) is 5.14. The number of aromatic nitrogens is 1. The van der Waals surface area contributed by atoms with Crippen molar-refractivity contribution in [3.63, 3.8) is 0 Å². The maximum atomic E-state index is 11.0. The van der Waals surface area contributed by atoms with Gasteiger partial charge < -0.3 is 18.9 Å². The SMILES string of the molecule is COc1ccc(OC)c2c(OC)c(C=Nc3nc4ccc([N+](=O)[O-])cc4s3)cc(OC)c12. The first kappa shape index (κ1) is 21.3. The van der Waals surface area contributed by atoms with Gasteiger partial charge in [-0.1, -0.05) is 11.3 Å². The molecule has 32 heavy (non-hydrogen) atoms. The molecule has 0 aliphatic carbocycles. The highest BCUT2D eigenvalue weighted by atomic mass is 32.1. The minimum Gasteiger partial charge on any atom is -0.496 e. The summed E-state index contributed by atoms with van der Waals surface area (Å²) in [7, 11) is 6.30. The lowest BCUT2D eigenvalue weighted by Gasteiger charge is -2.17. The molecule has 4 rings (SSSR count). The maximum absolute atomic E-state index is 11.0. The van der Waals surface area contributed by atoms with Crippen molar-refractivity contribution < 1.29 is 23.9 Å². The Kier molecular flexibility index (Phi) is 5.78. The largest absolute Gasteiger partial charge is 0.496 e. The second-order valence-corrected chi connectivity index (χ2v) is 7.59. The molecule has 0 radical (unpaired) electrons. The Morgan fingerprint density at radius 2 is 1.62 bits per heavy atom. The fraction of sp³-hybridized carbons (Fsp3) is 0.182. The van der Waals surface area contributed by atoms with Crippen LogP contribution in [0, 0.1) is 10.1 Å². The van der Waals surface area contributed by atoms with Crippen LogP contribution in [0.4, 0.5) is 10.8 Å². The van der Waals surface area contributed by atoms with Crippen LogP contribution in [0.1, 0.15) is 5.56 Å². The van der Waals surface area contributed by atoms with E-state index in [0.29, 0.717) is 49.3 Å². The molecule has 4 aromatic rings. The molecule has 0 aliphatic heterocycles. The van der Waals surface area contributed by atoms with Gasteiger partial charge in [0, 0.05) is 23.9 Å². The second kappa shape index (κ2) is 8.67.